The Morgan fingerprint density at radius 1 is 1.00 bits per heavy atom. The topological polar surface area (TPSA) is 0 Å². The second-order valence-electron chi connectivity index (χ2n) is 8.66. The van der Waals surface area contributed by atoms with E-state index in [1.54, 1.807) is 0 Å². The maximum Gasteiger partial charge on any atom is 0.00510 e. The van der Waals surface area contributed by atoms with E-state index in [-0.39, 0.29) is 0 Å². The largest absolute Gasteiger partial charge is 0.176 e. The van der Waals surface area contributed by atoms with Crippen LogP contribution in [-0.2, 0) is 0 Å². The van der Waals surface area contributed by atoms with E-state index >= 15 is 0 Å². The highest BCUT2D eigenvalue weighted by atomic mass is 32.1. The Labute approximate surface area is 111 Å². The third-order valence-corrected chi connectivity index (χ3v) is 8.32. The standard InChI is InChI=1S/C16H26S/c1-14(2)8-15(3)7-10(15)13-12-9(16(13,14)4)5-6-11(12)17/h9-13,17H,5-8H2,1-4H3/t9?,10?,11?,12?,13?,15-,16-/m1/s1. The minimum atomic E-state index is 0.554. The van der Waals surface area contributed by atoms with Crippen molar-refractivity contribution < 1.29 is 0 Å². The smallest absolute Gasteiger partial charge is 0.00510 e. The maximum absolute atomic E-state index is 4.90. The Bertz CT molecular complexity index is 387. The Balaban J connectivity index is 1.78. The monoisotopic (exact) mass is 250 g/mol. The third-order valence-electron chi connectivity index (χ3n) is 7.72. The van der Waals surface area contributed by atoms with Crippen LogP contribution in [0.15, 0.2) is 0 Å². The van der Waals surface area contributed by atoms with E-state index in [1.807, 2.05) is 0 Å². The Morgan fingerprint density at radius 3 is 2.41 bits per heavy atom. The fraction of sp³-hybridized carbons (Fsp3) is 1.00. The van der Waals surface area contributed by atoms with Gasteiger partial charge in [-0.3, -0.25) is 0 Å². The zero-order valence-corrected chi connectivity index (χ0v) is 12.6. The van der Waals surface area contributed by atoms with E-state index in [2.05, 4.69) is 27.7 Å². The van der Waals surface area contributed by atoms with Crippen molar-refractivity contribution in [2.24, 2.45) is 39.9 Å². The Morgan fingerprint density at radius 2 is 1.71 bits per heavy atom. The zero-order valence-electron chi connectivity index (χ0n) is 11.7. The first-order valence-corrected chi connectivity index (χ1v) is 8.01. The molecule has 7 atom stereocenters. The number of rotatable bonds is 0. The molecule has 4 rings (SSSR count). The van der Waals surface area contributed by atoms with Crippen LogP contribution >= 0.6 is 12.6 Å². The van der Waals surface area contributed by atoms with Gasteiger partial charge in [0.05, 0.1) is 0 Å². The fourth-order valence-electron chi connectivity index (χ4n) is 6.77. The fourth-order valence-corrected chi connectivity index (χ4v) is 7.31. The first-order chi connectivity index (χ1) is 7.81. The summed E-state index contributed by atoms with van der Waals surface area (Å²) in [5.74, 6) is 4.02. The molecule has 1 heteroatoms. The van der Waals surface area contributed by atoms with Crippen molar-refractivity contribution >= 4 is 12.6 Å². The van der Waals surface area contributed by atoms with Crippen LogP contribution in [0.4, 0.5) is 0 Å². The van der Waals surface area contributed by atoms with Gasteiger partial charge in [0, 0.05) is 5.25 Å². The molecule has 0 bridgehead atoms. The van der Waals surface area contributed by atoms with Crippen LogP contribution < -0.4 is 0 Å². The quantitative estimate of drug-likeness (QED) is 0.605. The first-order valence-electron chi connectivity index (χ1n) is 7.49. The molecule has 0 saturated heterocycles. The highest BCUT2D eigenvalue weighted by molar-refractivity contribution is 7.81. The van der Waals surface area contributed by atoms with Gasteiger partial charge in [0.1, 0.15) is 0 Å². The molecule has 0 nitrogen and oxygen atoms in total. The molecule has 17 heavy (non-hydrogen) atoms. The summed E-state index contributed by atoms with van der Waals surface area (Å²) < 4.78 is 0. The summed E-state index contributed by atoms with van der Waals surface area (Å²) in [6, 6.07) is 0. The zero-order chi connectivity index (χ0) is 12.2. The normalized spacial score (nSPS) is 66.5. The van der Waals surface area contributed by atoms with Crippen molar-refractivity contribution in [1.82, 2.24) is 0 Å². The van der Waals surface area contributed by atoms with Crippen LogP contribution in [0.2, 0.25) is 0 Å². The number of thiol groups is 1. The summed E-state index contributed by atoms with van der Waals surface area (Å²) in [5, 5.41) is 0.719. The molecule has 4 aliphatic rings. The molecule has 0 aromatic rings. The van der Waals surface area contributed by atoms with E-state index in [4.69, 9.17) is 12.6 Å². The van der Waals surface area contributed by atoms with E-state index < -0.39 is 0 Å². The van der Waals surface area contributed by atoms with Crippen molar-refractivity contribution in [1.29, 1.82) is 0 Å². The molecule has 0 aromatic heterocycles. The number of hydrogen-bond donors (Lipinski definition) is 1. The van der Waals surface area contributed by atoms with Gasteiger partial charge in [-0.2, -0.15) is 12.6 Å². The molecule has 0 N–H and O–H groups in total. The Kier molecular flexibility index (Phi) is 1.82. The van der Waals surface area contributed by atoms with Crippen LogP contribution in [0.1, 0.15) is 53.4 Å². The van der Waals surface area contributed by atoms with Crippen molar-refractivity contribution in [3.05, 3.63) is 0 Å². The number of fused-ring (bicyclic) bond motifs is 6. The molecule has 96 valence electrons. The van der Waals surface area contributed by atoms with Crippen LogP contribution in [0, 0.1) is 39.9 Å². The SMILES string of the molecule is CC1(C)C[C@@]2(C)CC2C2C3C(S)CCC3[C@]21C. The third kappa shape index (κ3) is 1.02. The summed E-state index contributed by atoms with van der Waals surface area (Å²) in [4.78, 5) is 0. The van der Waals surface area contributed by atoms with E-state index in [0.29, 0.717) is 16.2 Å². The van der Waals surface area contributed by atoms with E-state index in [0.717, 1.165) is 28.9 Å². The molecule has 0 aromatic carbocycles. The molecule has 0 heterocycles. The van der Waals surface area contributed by atoms with Crippen molar-refractivity contribution in [3.8, 4) is 0 Å². The van der Waals surface area contributed by atoms with Crippen LogP contribution in [0.3, 0.4) is 0 Å². The summed E-state index contributed by atoms with van der Waals surface area (Å²) in [6.07, 6.45) is 5.82. The average molecular weight is 250 g/mol. The van der Waals surface area contributed by atoms with Gasteiger partial charge in [0.15, 0.2) is 0 Å². The maximum atomic E-state index is 4.90. The molecule has 0 amide bonds. The lowest BCUT2D eigenvalue weighted by Crippen LogP contribution is -2.65. The molecule has 4 fully saturated rings. The van der Waals surface area contributed by atoms with Gasteiger partial charge in [-0.05, 0) is 65.6 Å². The van der Waals surface area contributed by atoms with Gasteiger partial charge >= 0.3 is 0 Å². The lowest BCUT2D eigenvalue weighted by Gasteiger charge is -2.69. The molecule has 0 aliphatic heterocycles. The van der Waals surface area contributed by atoms with Crippen LogP contribution in [0.5, 0.6) is 0 Å². The highest BCUT2D eigenvalue weighted by Gasteiger charge is 2.78. The van der Waals surface area contributed by atoms with Gasteiger partial charge in [0.2, 0.25) is 0 Å². The van der Waals surface area contributed by atoms with Gasteiger partial charge in [0.25, 0.3) is 0 Å². The molecule has 4 saturated carbocycles. The van der Waals surface area contributed by atoms with Gasteiger partial charge < -0.3 is 0 Å². The highest BCUT2D eigenvalue weighted by Crippen LogP contribution is 2.83. The van der Waals surface area contributed by atoms with Gasteiger partial charge in [-0.15, -0.1) is 0 Å². The second-order valence-corrected chi connectivity index (χ2v) is 9.33. The second kappa shape index (κ2) is 2.76. The average Bonchev–Trinajstić information content (AvgIpc) is 2.67. The summed E-state index contributed by atoms with van der Waals surface area (Å²) in [5.41, 5.74) is 1.89. The predicted molar refractivity (Wildman–Crippen MR) is 75.2 cm³/mol. The van der Waals surface area contributed by atoms with E-state index in [1.165, 1.54) is 25.7 Å². The molecular formula is C16H26S. The lowest BCUT2D eigenvalue weighted by molar-refractivity contribution is -0.210. The van der Waals surface area contributed by atoms with Crippen molar-refractivity contribution in [2.75, 3.05) is 0 Å². The molecule has 4 aliphatic carbocycles. The van der Waals surface area contributed by atoms with Crippen molar-refractivity contribution in [3.63, 3.8) is 0 Å². The molecule has 0 radical (unpaired) electrons. The minimum absolute atomic E-state index is 0.554. The lowest BCUT2D eigenvalue weighted by atomic mass is 9.36. The van der Waals surface area contributed by atoms with Gasteiger partial charge in [-0.25, -0.2) is 0 Å². The Hall–Kier alpha value is 0.350. The predicted octanol–water partition coefficient (Wildman–Crippen LogP) is 4.40. The minimum Gasteiger partial charge on any atom is -0.176 e. The summed E-state index contributed by atoms with van der Waals surface area (Å²) >= 11 is 4.90. The summed E-state index contributed by atoms with van der Waals surface area (Å²) in [6.45, 7) is 10.3. The molecule has 5 unspecified atom stereocenters. The van der Waals surface area contributed by atoms with Crippen molar-refractivity contribution in [2.45, 2.75) is 58.6 Å². The van der Waals surface area contributed by atoms with Gasteiger partial charge in [-0.1, -0.05) is 27.7 Å². The molecule has 0 spiro atoms. The number of hydrogen-bond acceptors (Lipinski definition) is 1. The molecular weight excluding hydrogens is 224 g/mol. The summed E-state index contributed by atoms with van der Waals surface area (Å²) in [7, 11) is 0. The van der Waals surface area contributed by atoms with E-state index in [9.17, 15) is 0 Å². The van der Waals surface area contributed by atoms with Crippen LogP contribution in [0.25, 0.3) is 0 Å². The van der Waals surface area contributed by atoms with Crippen LogP contribution in [-0.4, -0.2) is 5.25 Å². The first kappa shape index (κ1) is 11.2.